The van der Waals surface area contributed by atoms with Crippen LogP contribution in [0.2, 0.25) is 0 Å². The van der Waals surface area contributed by atoms with Crippen molar-refractivity contribution in [2.45, 2.75) is 26.3 Å². The molecule has 0 spiro atoms. The van der Waals surface area contributed by atoms with Crippen molar-refractivity contribution >= 4 is 5.69 Å². The van der Waals surface area contributed by atoms with Crippen molar-refractivity contribution < 1.29 is 9.47 Å². The number of rotatable bonds is 5. The Morgan fingerprint density at radius 2 is 2.18 bits per heavy atom. The minimum atomic E-state index is 0.454. The van der Waals surface area contributed by atoms with Crippen LogP contribution in [0.15, 0.2) is 24.3 Å². The Balaban J connectivity index is 1.89. The van der Waals surface area contributed by atoms with Crippen molar-refractivity contribution in [2.24, 2.45) is 5.92 Å². The molecule has 0 radical (unpaired) electrons. The summed E-state index contributed by atoms with van der Waals surface area (Å²) in [7, 11) is 0. The molecule has 1 aliphatic rings. The van der Waals surface area contributed by atoms with Gasteiger partial charge in [0.2, 0.25) is 0 Å². The van der Waals surface area contributed by atoms with E-state index in [1.54, 1.807) is 0 Å². The molecule has 3 heteroatoms. The Kier molecular flexibility index (Phi) is 4.26. The highest BCUT2D eigenvalue weighted by atomic mass is 16.5. The second-order valence-electron chi connectivity index (χ2n) is 4.51. The first-order valence-electron chi connectivity index (χ1n) is 6.36. The third-order valence-electron chi connectivity index (χ3n) is 3.23. The molecule has 1 saturated heterocycles. The molecule has 0 aromatic heterocycles. The number of benzene rings is 1. The van der Waals surface area contributed by atoms with Gasteiger partial charge in [-0.3, -0.25) is 0 Å². The maximum Gasteiger partial charge on any atom is 0.119 e. The molecule has 2 rings (SSSR count). The molecule has 0 aliphatic carbocycles. The van der Waals surface area contributed by atoms with E-state index in [0.29, 0.717) is 18.6 Å². The van der Waals surface area contributed by atoms with Crippen molar-refractivity contribution in [1.29, 1.82) is 0 Å². The topological polar surface area (TPSA) is 30.5 Å². The molecule has 1 aliphatic heterocycles. The molecular formula is C14H21NO2. The molecule has 2 unspecified atom stereocenters. The molecule has 2 atom stereocenters. The maximum absolute atomic E-state index is 5.42. The van der Waals surface area contributed by atoms with Crippen molar-refractivity contribution in [2.75, 3.05) is 25.1 Å². The van der Waals surface area contributed by atoms with Gasteiger partial charge in [0.15, 0.2) is 0 Å². The first-order valence-corrected chi connectivity index (χ1v) is 6.36. The lowest BCUT2D eigenvalue weighted by atomic mass is 10.0. The predicted molar refractivity (Wildman–Crippen MR) is 69.6 cm³/mol. The third-order valence-corrected chi connectivity index (χ3v) is 3.23. The highest BCUT2D eigenvalue weighted by Gasteiger charge is 2.21. The second kappa shape index (κ2) is 5.92. The number of hydrogen-bond donors (Lipinski definition) is 1. The van der Waals surface area contributed by atoms with Crippen LogP contribution in [0.4, 0.5) is 5.69 Å². The fourth-order valence-corrected chi connectivity index (χ4v) is 2.14. The van der Waals surface area contributed by atoms with Gasteiger partial charge < -0.3 is 14.8 Å². The van der Waals surface area contributed by atoms with Crippen LogP contribution in [0.1, 0.15) is 20.3 Å². The minimum Gasteiger partial charge on any atom is -0.494 e. The van der Waals surface area contributed by atoms with Crippen molar-refractivity contribution in [3.63, 3.8) is 0 Å². The van der Waals surface area contributed by atoms with Gasteiger partial charge in [-0.05, 0) is 44.5 Å². The first kappa shape index (κ1) is 12.2. The quantitative estimate of drug-likeness (QED) is 0.851. The molecular weight excluding hydrogens is 214 g/mol. The summed E-state index contributed by atoms with van der Waals surface area (Å²) in [6, 6.07) is 8.59. The summed E-state index contributed by atoms with van der Waals surface area (Å²) in [4.78, 5) is 0. The van der Waals surface area contributed by atoms with Crippen LogP contribution in [0.3, 0.4) is 0 Å². The summed E-state index contributed by atoms with van der Waals surface area (Å²) >= 11 is 0. The highest BCUT2D eigenvalue weighted by Crippen LogP contribution is 2.21. The van der Waals surface area contributed by atoms with Crippen LogP contribution in [0.25, 0.3) is 0 Å². The smallest absolute Gasteiger partial charge is 0.119 e. The summed E-state index contributed by atoms with van der Waals surface area (Å²) in [5.41, 5.74) is 1.15. The third kappa shape index (κ3) is 3.37. The van der Waals surface area contributed by atoms with Gasteiger partial charge >= 0.3 is 0 Å². The molecule has 1 aromatic carbocycles. The molecule has 1 N–H and O–H groups in total. The zero-order valence-electron chi connectivity index (χ0n) is 10.6. The lowest BCUT2D eigenvalue weighted by Gasteiger charge is -2.20. The van der Waals surface area contributed by atoms with Gasteiger partial charge in [0.05, 0.1) is 13.2 Å². The number of ether oxygens (including phenoxy) is 2. The summed E-state index contributed by atoms with van der Waals surface area (Å²) in [6.45, 7) is 6.71. The van der Waals surface area contributed by atoms with E-state index in [2.05, 4.69) is 24.4 Å². The summed E-state index contributed by atoms with van der Waals surface area (Å²) in [5, 5.41) is 3.52. The number of nitrogens with one attached hydrogen (secondary N) is 1. The van der Waals surface area contributed by atoms with Crippen LogP contribution < -0.4 is 10.1 Å². The fraction of sp³-hybridized carbons (Fsp3) is 0.571. The van der Waals surface area contributed by atoms with E-state index in [1.807, 2.05) is 19.1 Å². The Labute approximate surface area is 103 Å². The van der Waals surface area contributed by atoms with E-state index in [-0.39, 0.29) is 0 Å². The Morgan fingerprint density at radius 3 is 2.76 bits per heavy atom. The van der Waals surface area contributed by atoms with Gasteiger partial charge in [0.25, 0.3) is 0 Å². The fourth-order valence-electron chi connectivity index (χ4n) is 2.14. The van der Waals surface area contributed by atoms with E-state index in [9.17, 15) is 0 Å². The Bertz CT molecular complexity index is 331. The number of hydrogen-bond acceptors (Lipinski definition) is 3. The van der Waals surface area contributed by atoms with Gasteiger partial charge in [-0.1, -0.05) is 0 Å². The lowest BCUT2D eigenvalue weighted by Crippen LogP contribution is -2.25. The maximum atomic E-state index is 5.42. The van der Waals surface area contributed by atoms with Gasteiger partial charge in [-0.15, -0.1) is 0 Å². The molecule has 94 valence electrons. The Hall–Kier alpha value is -1.22. The monoisotopic (exact) mass is 235 g/mol. The Morgan fingerprint density at radius 1 is 1.41 bits per heavy atom. The van der Waals surface area contributed by atoms with E-state index in [1.165, 1.54) is 0 Å². The average molecular weight is 235 g/mol. The largest absolute Gasteiger partial charge is 0.494 e. The van der Waals surface area contributed by atoms with Crippen LogP contribution in [-0.2, 0) is 4.74 Å². The van der Waals surface area contributed by atoms with Crippen molar-refractivity contribution in [3.8, 4) is 5.75 Å². The van der Waals surface area contributed by atoms with Crippen molar-refractivity contribution in [1.82, 2.24) is 0 Å². The van der Waals surface area contributed by atoms with Crippen LogP contribution in [0, 0.1) is 5.92 Å². The molecule has 17 heavy (non-hydrogen) atoms. The van der Waals surface area contributed by atoms with E-state index in [4.69, 9.17) is 9.47 Å². The molecule has 1 aromatic rings. The van der Waals surface area contributed by atoms with Crippen LogP contribution in [-0.4, -0.2) is 25.9 Å². The predicted octanol–water partition coefficient (Wildman–Crippen LogP) is 2.92. The van der Waals surface area contributed by atoms with Gasteiger partial charge in [0.1, 0.15) is 5.75 Å². The highest BCUT2D eigenvalue weighted by molar-refractivity contribution is 5.47. The van der Waals surface area contributed by atoms with Crippen LogP contribution in [0.5, 0.6) is 5.75 Å². The minimum absolute atomic E-state index is 0.454. The van der Waals surface area contributed by atoms with Crippen molar-refractivity contribution in [3.05, 3.63) is 24.3 Å². The van der Waals surface area contributed by atoms with E-state index in [0.717, 1.165) is 31.1 Å². The van der Waals surface area contributed by atoms with Gasteiger partial charge in [0, 0.05) is 24.3 Å². The van der Waals surface area contributed by atoms with E-state index < -0.39 is 0 Å². The molecule has 1 heterocycles. The molecule has 1 fully saturated rings. The van der Waals surface area contributed by atoms with Gasteiger partial charge in [-0.2, -0.15) is 0 Å². The molecule has 0 bridgehead atoms. The van der Waals surface area contributed by atoms with E-state index >= 15 is 0 Å². The SMILES string of the molecule is CCOc1ccc(NC(C)C2CCOC2)cc1. The zero-order valence-corrected chi connectivity index (χ0v) is 10.6. The second-order valence-corrected chi connectivity index (χ2v) is 4.51. The average Bonchev–Trinajstić information content (AvgIpc) is 2.86. The lowest BCUT2D eigenvalue weighted by molar-refractivity contribution is 0.183. The summed E-state index contributed by atoms with van der Waals surface area (Å²) < 4.78 is 10.8. The summed E-state index contributed by atoms with van der Waals surface area (Å²) in [6.07, 6.45) is 1.16. The number of anilines is 1. The molecule has 0 amide bonds. The zero-order chi connectivity index (χ0) is 12.1. The molecule has 3 nitrogen and oxygen atoms in total. The standard InChI is InChI=1S/C14H21NO2/c1-3-17-14-6-4-13(5-7-14)15-11(2)12-8-9-16-10-12/h4-7,11-12,15H,3,8-10H2,1-2H3. The normalized spacial score (nSPS) is 21.2. The summed E-state index contributed by atoms with van der Waals surface area (Å²) in [5.74, 6) is 1.55. The molecule has 0 saturated carbocycles. The first-order chi connectivity index (χ1) is 8.29. The van der Waals surface area contributed by atoms with Gasteiger partial charge in [-0.25, -0.2) is 0 Å². The van der Waals surface area contributed by atoms with Crippen LogP contribution >= 0.6 is 0 Å².